The molecule has 0 atom stereocenters. The van der Waals surface area contributed by atoms with Gasteiger partial charge in [-0.2, -0.15) is 0 Å². The van der Waals surface area contributed by atoms with Crippen LogP contribution in [0.4, 0.5) is 11.6 Å². The van der Waals surface area contributed by atoms with E-state index in [-0.39, 0.29) is 0 Å². The molecule has 3 rings (SSSR count). The van der Waals surface area contributed by atoms with E-state index < -0.39 is 0 Å². The molecule has 5 heteroatoms. The smallest absolute Gasteiger partial charge is 0.207 e. The Hall–Kier alpha value is -1.00. The molecule has 0 aliphatic heterocycles. The van der Waals surface area contributed by atoms with Crippen molar-refractivity contribution in [3.8, 4) is 0 Å². The van der Waals surface area contributed by atoms with Crippen molar-refractivity contribution in [1.29, 1.82) is 0 Å². The van der Waals surface area contributed by atoms with E-state index in [1.54, 1.807) is 0 Å². The summed E-state index contributed by atoms with van der Waals surface area (Å²) in [5, 5.41) is 4.09. The number of imidazole rings is 1. The minimum absolute atomic E-state index is 0.549. The number of anilines is 2. The molecule has 0 unspecified atom stereocenters. The number of benzene rings is 1. The molecule has 1 saturated carbocycles. The van der Waals surface area contributed by atoms with Crippen LogP contribution in [0.3, 0.4) is 0 Å². The van der Waals surface area contributed by atoms with Gasteiger partial charge < -0.3 is 9.88 Å². The number of aryl methyl sites for hydroxylation is 1. The maximum Gasteiger partial charge on any atom is 0.207 e. The molecule has 1 aliphatic rings. The fourth-order valence-corrected chi connectivity index (χ4v) is 3.49. The monoisotopic (exact) mass is 367 g/mol. The van der Waals surface area contributed by atoms with Crippen molar-refractivity contribution < 1.29 is 0 Å². The Labute approximate surface area is 138 Å². The van der Waals surface area contributed by atoms with E-state index in [0.29, 0.717) is 11.1 Å². The van der Waals surface area contributed by atoms with Crippen LogP contribution in [0.1, 0.15) is 43.8 Å². The predicted octanol–water partition coefficient (Wildman–Crippen LogP) is 5.86. The first-order valence-corrected chi connectivity index (χ1v) is 8.58. The Morgan fingerprint density at radius 2 is 2.05 bits per heavy atom. The van der Waals surface area contributed by atoms with Gasteiger partial charge in [0, 0.05) is 16.7 Å². The minimum atomic E-state index is 0.549. The van der Waals surface area contributed by atoms with E-state index in [2.05, 4.69) is 37.0 Å². The second kappa shape index (κ2) is 6.41. The first kappa shape index (κ1) is 14.9. The summed E-state index contributed by atoms with van der Waals surface area (Å²) in [6, 6.07) is 6.35. The second-order valence-electron chi connectivity index (χ2n) is 5.65. The molecule has 1 N–H and O–H groups in total. The van der Waals surface area contributed by atoms with Crippen LogP contribution in [0.2, 0.25) is 5.02 Å². The highest BCUT2D eigenvalue weighted by atomic mass is 79.9. The Morgan fingerprint density at radius 3 is 2.81 bits per heavy atom. The third-order valence-corrected chi connectivity index (χ3v) is 4.82. The molecule has 3 nitrogen and oxygen atoms in total. The van der Waals surface area contributed by atoms with Crippen LogP contribution in [0.5, 0.6) is 0 Å². The lowest BCUT2D eigenvalue weighted by Crippen LogP contribution is -2.14. The summed E-state index contributed by atoms with van der Waals surface area (Å²) in [4.78, 5) is 4.63. The van der Waals surface area contributed by atoms with E-state index in [4.69, 9.17) is 11.6 Å². The molecule has 0 bridgehead atoms. The zero-order chi connectivity index (χ0) is 14.8. The van der Waals surface area contributed by atoms with Crippen molar-refractivity contribution in [1.82, 2.24) is 9.55 Å². The van der Waals surface area contributed by atoms with Gasteiger partial charge in [-0.15, -0.1) is 0 Å². The van der Waals surface area contributed by atoms with Crippen molar-refractivity contribution in [2.24, 2.45) is 0 Å². The van der Waals surface area contributed by atoms with E-state index >= 15 is 0 Å². The molecule has 1 aromatic carbocycles. The van der Waals surface area contributed by atoms with Gasteiger partial charge in [-0.25, -0.2) is 4.98 Å². The first-order chi connectivity index (χ1) is 10.1. The van der Waals surface area contributed by atoms with E-state index in [1.807, 2.05) is 25.1 Å². The third kappa shape index (κ3) is 3.43. The fourth-order valence-electron chi connectivity index (χ4n) is 2.96. The largest absolute Gasteiger partial charge is 0.324 e. The molecular weight excluding hydrogens is 350 g/mol. The quantitative estimate of drug-likeness (QED) is 0.735. The molecule has 1 fully saturated rings. The molecule has 0 spiro atoms. The lowest BCUT2D eigenvalue weighted by atomic mass is 9.95. The second-order valence-corrected chi connectivity index (χ2v) is 6.98. The molecule has 0 saturated heterocycles. The molecule has 0 radical (unpaired) electrons. The fraction of sp³-hybridized carbons (Fsp3) is 0.438. The van der Waals surface area contributed by atoms with E-state index in [1.165, 1.54) is 32.1 Å². The van der Waals surface area contributed by atoms with Gasteiger partial charge in [0.05, 0.1) is 16.4 Å². The van der Waals surface area contributed by atoms with Crippen molar-refractivity contribution in [2.45, 2.75) is 45.1 Å². The van der Waals surface area contributed by atoms with Crippen LogP contribution in [0.25, 0.3) is 0 Å². The molecule has 1 heterocycles. The highest BCUT2D eigenvalue weighted by Gasteiger charge is 2.19. The highest BCUT2D eigenvalue weighted by molar-refractivity contribution is 9.10. The first-order valence-electron chi connectivity index (χ1n) is 7.41. The summed E-state index contributed by atoms with van der Waals surface area (Å²) in [5.74, 6) is 0.888. The molecular formula is C16H19BrClN3. The topological polar surface area (TPSA) is 29.9 Å². The van der Waals surface area contributed by atoms with Crippen LogP contribution in [-0.2, 0) is 0 Å². The van der Waals surface area contributed by atoms with Crippen molar-refractivity contribution in [3.05, 3.63) is 39.6 Å². The number of hydrogen-bond acceptors (Lipinski definition) is 2. The van der Waals surface area contributed by atoms with Crippen LogP contribution in [-0.4, -0.2) is 9.55 Å². The van der Waals surface area contributed by atoms with Crippen molar-refractivity contribution in [3.63, 3.8) is 0 Å². The normalized spacial score (nSPS) is 16.1. The van der Waals surface area contributed by atoms with Crippen LogP contribution >= 0.6 is 27.5 Å². The van der Waals surface area contributed by atoms with Gasteiger partial charge in [0.2, 0.25) is 5.95 Å². The van der Waals surface area contributed by atoms with Gasteiger partial charge in [0.25, 0.3) is 0 Å². The molecule has 0 amide bonds. The molecule has 1 aromatic heterocycles. The summed E-state index contributed by atoms with van der Waals surface area (Å²) in [5.41, 5.74) is 1.92. The van der Waals surface area contributed by atoms with Gasteiger partial charge in [-0.1, -0.05) is 46.8 Å². The number of hydrogen-bond donors (Lipinski definition) is 1. The van der Waals surface area contributed by atoms with Gasteiger partial charge in [-0.3, -0.25) is 0 Å². The van der Waals surface area contributed by atoms with E-state index in [0.717, 1.165) is 21.8 Å². The summed E-state index contributed by atoms with van der Waals surface area (Å²) < 4.78 is 3.29. The Kier molecular flexibility index (Phi) is 4.55. The predicted molar refractivity (Wildman–Crippen MR) is 91.5 cm³/mol. The van der Waals surface area contributed by atoms with Gasteiger partial charge in [-0.05, 0) is 38.0 Å². The van der Waals surface area contributed by atoms with E-state index in [9.17, 15) is 0 Å². The number of nitrogens with one attached hydrogen (secondary N) is 1. The summed E-state index contributed by atoms with van der Waals surface area (Å²) in [6.45, 7) is 2.03. The maximum absolute atomic E-state index is 6.27. The minimum Gasteiger partial charge on any atom is -0.324 e. The summed E-state index contributed by atoms with van der Waals surface area (Å²) in [7, 11) is 0. The summed E-state index contributed by atoms with van der Waals surface area (Å²) >= 11 is 9.75. The zero-order valence-corrected chi connectivity index (χ0v) is 14.4. The SMILES string of the molecule is Cc1cn(C2CCCCC2)c(Nc2cc(Br)ccc2Cl)n1. The molecule has 1 aliphatic carbocycles. The number of nitrogens with zero attached hydrogens (tertiary/aromatic N) is 2. The van der Waals surface area contributed by atoms with Crippen LogP contribution < -0.4 is 5.32 Å². The van der Waals surface area contributed by atoms with Crippen molar-refractivity contribution in [2.75, 3.05) is 5.32 Å². The standard InChI is InChI=1S/C16H19BrClN3/c1-11-10-21(13-5-3-2-4-6-13)16(19-11)20-15-9-12(17)7-8-14(15)18/h7-10,13H,2-6H2,1H3,(H,19,20). The zero-order valence-electron chi connectivity index (χ0n) is 12.1. The number of aromatic nitrogens is 2. The lowest BCUT2D eigenvalue weighted by molar-refractivity contribution is 0.356. The Bertz CT molecular complexity index is 632. The number of halogens is 2. The van der Waals surface area contributed by atoms with Gasteiger partial charge >= 0.3 is 0 Å². The molecule has 21 heavy (non-hydrogen) atoms. The van der Waals surface area contributed by atoms with Crippen LogP contribution in [0, 0.1) is 6.92 Å². The number of rotatable bonds is 3. The van der Waals surface area contributed by atoms with Crippen LogP contribution in [0.15, 0.2) is 28.9 Å². The molecule has 2 aromatic rings. The van der Waals surface area contributed by atoms with Crippen molar-refractivity contribution >= 4 is 39.2 Å². The Balaban J connectivity index is 1.89. The maximum atomic E-state index is 6.27. The average Bonchev–Trinajstić information content (AvgIpc) is 2.85. The van der Waals surface area contributed by atoms with Gasteiger partial charge in [0.15, 0.2) is 0 Å². The average molecular weight is 369 g/mol. The third-order valence-electron chi connectivity index (χ3n) is 4.00. The lowest BCUT2D eigenvalue weighted by Gasteiger charge is -2.25. The summed E-state index contributed by atoms with van der Waals surface area (Å²) in [6.07, 6.45) is 8.57. The highest BCUT2D eigenvalue weighted by Crippen LogP contribution is 2.33. The Morgan fingerprint density at radius 1 is 1.29 bits per heavy atom. The van der Waals surface area contributed by atoms with Gasteiger partial charge in [0.1, 0.15) is 0 Å². The molecule has 112 valence electrons.